The Morgan fingerprint density at radius 3 is 2.46 bits per heavy atom. The molecule has 39 heavy (non-hydrogen) atoms. The SMILES string of the molecule is C[N+]1=C(/C=C/C=C2/Nc3ccc(C(=O)O)cc3C2(C)C)C(C)(Cc2ccccc2)c2c1ccc1ccccc21. The first-order chi connectivity index (χ1) is 18.7. The highest BCUT2D eigenvalue weighted by Gasteiger charge is 2.47. The fourth-order valence-corrected chi connectivity index (χ4v) is 6.46. The maximum atomic E-state index is 11.6. The molecule has 0 amide bonds. The van der Waals surface area contributed by atoms with E-state index in [0.717, 1.165) is 23.4 Å². The average molecular weight is 514 g/mol. The van der Waals surface area contributed by atoms with Crippen LogP contribution in [0.2, 0.25) is 0 Å². The third-order valence-electron chi connectivity index (χ3n) is 8.55. The minimum Gasteiger partial charge on any atom is -0.478 e. The molecule has 0 spiro atoms. The molecule has 4 nitrogen and oxygen atoms in total. The zero-order valence-corrected chi connectivity index (χ0v) is 22.8. The van der Waals surface area contributed by atoms with E-state index in [1.54, 1.807) is 12.1 Å². The predicted octanol–water partition coefficient (Wildman–Crippen LogP) is 7.61. The number of carbonyl (C=O) groups is 1. The Kier molecular flexibility index (Phi) is 5.80. The second kappa shape index (κ2) is 9.09. The summed E-state index contributed by atoms with van der Waals surface area (Å²) >= 11 is 0. The summed E-state index contributed by atoms with van der Waals surface area (Å²) in [5.74, 6) is -0.906. The molecule has 6 rings (SSSR count). The number of rotatable bonds is 5. The standard InChI is InChI=1S/C35H32N2O2/c1-34(2)27-21-25(33(38)39)17-19-28(27)36-30(34)15-10-16-31-35(3,22-23-11-6-5-7-12-23)32-26-14-9-8-13-24(26)18-20-29(32)37(31)4/h5-21H,22H2,1-4H3,(H,38,39)/p+1. The summed E-state index contributed by atoms with van der Waals surface area (Å²) in [6.45, 7) is 6.63. The third kappa shape index (κ3) is 3.99. The van der Waals surface area contributed by atoms with Gasteiger partial charge in [0, 0.05) is 34.5 Å². The summed E-state index contributed by atoms with van der Waals surface area (Å²) in [4.78, 5) is 11.6. The Morgan fingerprint density at radius 1 is 0.949 bits per heavy atom. The van der Waals surface area contributed by atoms with E-state index in [2.05, 4.69) is 123 Å². The van der Waals surface area contributed by atoms with Crippen LogP contribution in [-0.4, -0.2) is 28.4 Å². The zero-order valence-electron chi connectivity index (χ0n) is 22.8. The number of benzene rings is 4. The summed E-state index contributed by atoms with van der Waals surface area (Å²) in [7, 11) is 2.16. The molecule has 0 bridgehead atoms. The van der Waals surface area contributed by atoms with E-state index in [1.807, 2.05) is 6.07 Å². The zero-order chi connectivity index (χ0) is 27.4. The summed E-state index contributed by atoms with van der Waals surface area (Å²) in [5, 5.41) is 15.6. The first-order valence-electron chi connectivity index (χ1n) is 13.4. The van der Waals surface area contributed by atoms with E-state index in [1.165, 1.54) is 33.3 Å². The predicted molar refractivity (Wildman–Crippen MR) is 160 cm³/mol. The monoisotopic (exact) mass is 513 g/mol. The first-order valence-corrected chi connectivity index (χ1v) is 13.4. The van der Waals surface area contributed by atoms with Gasteiger partial charge in [-0.2, -0.15) is 4.58 Å². The molecule has 0 saturated heterocycles. The van der Waals surface area contributed by atoms with Crippen molar-refractivity contribution in [3.8, 4) is 0 Å². The van der Waals surface area contributed by atoms with Gasteiger partial charge in [-0.05, 0) is 65.6 Å². The number of aromatic carboxylic acids is 1. The molecular formula is C35H33N2O2+. The number of hydrogen-bond donors (Lipinski definition) is 2. The molecule has 0 aliphatic carbocycles. The van der Waals surface area contributed by atoms with Crippen LogP contribution in [0.4, 0.5) is 11.4 Å². The summed E-state index contributed by atoms with van der Waals surface area (Å²) < 4.78 is 2.33. The van der Waals surface area contributed by atoms with Crippen LogP contribution in [0.3, 0.4) is 0 Å². The van der Waals surface area contributed by atoms with Crippen LogP contribution in [0.5, 0.6) is 0 Å². The second-order valence-corrected chi connectivity index (χ2v) is 11.4. The van der Waals surface area contributed by atoms with Crippen molar-refractivity contribution in [3.05, 3.63) is 131 Å². The van der Waals surface area contributed by atoms with Gasteiger partial charge in [0.15, 0.2) is 5.71 Å². The highest BCUT2D eigenvalue weighted by atomic mass is 16.4. The van der Waals surface area contributed by atoms with Crippen LogP contribution in [-0.2, 0) is 17.3 Å². The van der Waals surface area contributed by atoms with Gasteiger partial charge in [-0.1, -0.05) is 74.5 Å². The van der Waals surface area contributed by atoms with Gasteiger partial charge in [-0.15, -0.1) is 0 Å². The van der Waals surface area contributed by atoms with Crippen molar-refractivity contribution in [1.82, 2.24) is 0 Å². The summed E-state index contributed by atoms with van der Waals surface area (Å²) in [6, 6.07) is 29.2. The lowest BCUT2D eigenvalue weighted by Crippen LogP contribution is -2.33. The molecule has 2 heterocycles. The van der Waals surface area contributed by atoms with Gasteiger partial charge in [-0.3, -0.25) is 0 Å². The van der Waals surface area contributed by atoms with Gasteiger partial charge in [0.25, 0.3) is 0 Å². The highest BCUT2D eigenvalue weighted by molar-refractivity contribution is 6.08. The van der Waals surface area contributed by atoms with E-state index in [0.29, 0.717) is 5.56 Å². The maximum Gasteiger partial charge on any atom is 0.335 e. The van der Waals surface area contributed by atoms with Crippen molar-refractivity contribution in [2.45, 2.75) is 38.0 Å². The molecule has 2 aliphatic rings. The minimum atomic E-state index is -0.906. The van der Waals surface area contributed by atoms with Crippen LogP contribution in [0.1, 0.15) is 47.8 Å². The molecule has 194 valence electrons. The summed E-state index contributed by atoms with van der Waals surface area (Å²) in [5.41, 5.74) is 7.93. The van der Waals surface area contributed by atoms with Crippen molar-refractivity contribution in [2.24, 2.45) is 0 Å². The van der Waals surface area contributed by atoms with Crippen molar-refractivity contribution in [3.63, 3.8) is 0 Å². The molecule has 2 N–H and O–H groups in total. The van der Waals surface area contributed by atoms with Crippen LogP contribution >= 0.6 is 0 Å². The van der Waals surface area contributed by atoms with E-state index in [-0.39, 0.29) is 10.8 Å². The smallest absolute Gasteiger partial charge is 0.335 e. The molecule has 0 aromatic heterocycles. The number of carboxylic acids is 1. The quantitative estimate of drug-likeness (QED) is 0.270. The number of anilines is 1. The Morgan fingerprint density at radius 2 is 1.69 bits per heavy atom. The van der Waals surface area contributed by atoms with Crippen LogP contribution in [0.25, 0.3) is 10.8 Å². The van der Waals surface area contributed by atoms with Crippen LogP contribution in [0.15, 0.2) is 109 Å². The number of fused-ring (bicyclic) bond motifs is 4. The Labute approximate surface area is 229 Å². The molecule has 2 aliphatic heterocycles. The normalized spacial score (nSPS) is 20.5. The molecule has 0 radical (unpaired) electrons. The number of nitrogens with one attached hydrogen (secondary N) is 1. The highest BCUT2D eigenvalue weighted by Crippen LogP contribution is 2.46. The van der Waals surface area contributed by atoms with Crippen molar-refractivity contribution >= 4 is 33.8 Å². The van der Waals surface area contributed by atoms with E-state index < -0.39 is 5.97 Å². The number of carboxylic acid groups (broad SMARTS) is 1. The van der Waals surface area contributed by atoms with Gasteiger partial charge in [-0.25, -0.2) is 4.79 Å². The van der Waals surface area contributed by atoms with Gasteiger partial charge in [0.2, 0.25) is 5.69 Å². The van der Waals surface area contributed by atoms with E-state index in [9.17, 15) is 9.90 Å². The number of allylic oxidation sites excluding steroid dienone is 4. The van der Waals surface area contributed by atoms with Crippen molar-refractivity contribution in [2.75, 3.05) is 12.4 Å². The fourth-order valence-electron chi connectivity index (χ4n) is 6.46. The number of nitrogens with zero attached hydrogens (tertiary/aromatic N) is 1. The van der Waals surface area contributed by atoms with E-state index in [4.69, 9.17) is 0 Å². The lowest BCUT2D eigenvalue weighted by molar-refractivity contribution is -0.401. The lowest BCUT2D eigenvalue weighted by Gasteiger charge is -2.24. The summed E-state index contributed by atoms with van der Waals surface area (Å²) in [6.07, 6.45) is 7.40. The van der Waals surface area contributed by atoms with Gasteiger partial charge < -0.3 is 10.4 Å². The van der Waals surface area contributed by atoms with Crippen LogP contribution < -0.4 is 5.32 Å². The number of hydrogen-bond acceptors (Lipinski definition) is 2. The van der Waals surface area contributed by atoms with E-state index >= 15 is 0 Å². The largest absolute Gasteiger partial charge is 0.478 e. The minimum absolute atomic E-state index is 0.223. The molecule has 0 fully saturated rings. The maximum absolute atomic E-state index is 11.6. The average Bonchev–Trinajstić information content (AvgIpc) is 3.30. The fraction of sp³-hybridized carbons (Fsp3) is 0.200. The molecular weight excluding hydrogens is 480 g/mol. The van der Waals surface area contributed by atoms with Gasteiger partial charge in [0.05, 0.1) is 11.0 Å². The van der Waals surface area contributed by atoms with Crippen molar-refractivity contribution < 1.29 is 14.5 Å². The van der Waals surface area contributed by atoms with Crippen molar-refractivity contribution in [1.29, 1.82) is 0 Å². The Balaban J connectivity index is 1.42. The molecule has 4 heteroatoms. The molecule has 1 unspecified atom stereocenters. The topological polar surface area (TPSA) is 52.3 Å². The third-order valence-corrected chi connectivity index (χ3v) is 8.55. The second-order valence-electron chi connectivity index (χ2n) is 11.4. The molecule has 0 saturated carbocycles. The van der Waals surface area contributed by atoms with Gasteiger partial charge >= 0.3 is 5.97 Å². The lowest BCUT2D eigenvalue weighted by atomic mass is 9.73. The molecule has 4 aromatic carbocycles. The van der Waals surface area contributed by atoms with Crippen LogP contribution in [0, 0.1) is 0 Å². The molecule has 4 aromatic rings. The Bertz CT molecular complexity index is 1730. The van der Waals surface area contributed by atoms with Gasteiger partial charge in [0.1, 0.15) is 7.05 Å². The first kappa shape index (κ1) is 24.9. The molecule has 1 atom stereocenters. The Hall–Kier alpha value is -4.44.